The van der Waals surface area contributed by atoms with E-state index >= 15 is 0 Å². The Morgan fingerprint density at radius 3 is 2.44 bits per heavy atom. The smallest absolute Gasteiger partial charge is 0.242 e. The van der Waals surface area contributed by atoms with Gasteiger partial charge in [0.25, 0.3) is 0 Å². The molecule has 88 valence electrons. The summed E-state index contributed by atoms with van der Waals surface area (Å²) >= 11 is 0. The first-order chi connectivity index (χ1) is 7.74. The third-order valence-corrected chi connectivity index (χ3v) is 3.06. The van der Waals surface area contributed by atoms with Crippen molar-refractivity contribution < 1.29 is 8.78 Å². The van der Waals surface area contributed by atoms with Crippen LogP contribution in [0, 0.1) is 0 Å². The van der Waals surface area contributed by atoms with Crippen LogP contribution in [0.4, 0.5) is 8.78 Å². The van der Waals surface area contributed by atoms with Gasteiger partial charge in [-0.05, 0) is 36.9 Å². The number of benzene rings is 1. The molecule has 0 aliphatic carbocycles. The van der Waals surface area contributed by atoms with E-state index in [2.05, 4.69) is 5.32 Å². The monoisotopic (exact) mass is 225 g/mol. The van der Waals surface area contributed by atoms with Gasteiger partial charge in [-0.15, -0.1) is 0 Å². The molecular weight excluding hydrogens is 208 g/mol. The Hall–Kier alpha value is -0.960. The number of alkyl halides is 2. The lowest BCUT2D eigenvalue weighted by Gasteiger charge is -2.10. The molecule has 3 heteroatoms. The lowest BCUT2D eigenvalue weighted by atomic mass is 10.0. The number of halogens is 2. The molecule has 1 aliphatic heterocycles. The zero-order valence-corrected chi connectivity index (χ0v) is 9.26. The number of hydrogen-bond acceptors (Lipinski definition) is 1. The van der Waals surface area contributed by atoms with Crippen LogP contribution < -0.4 is 5.32 Å². The Balaban J connectivity index is 1.90. The fraction of sp³-hybridized carbons (Fsp3) is 0.538. The highest BCUT2D eigenvalue weighted by Crippen LogP contribution is 2.14. The van der Waals surface area contributed by atoms with Crippen LogP contribution in [-0.4, -0.2) is 19.0 Å². The highest BCUT2D eigenvalue weighted by atomic mass is 19.3. The molecule has 0 aromatic heterocycles. The Morgan fingerprint density at radius 2 is 1.88 bits per heavy atom. The molecule has 0 bridgehead atoms. The highest BCUT2D eigenvalue weighted by molar-refractivity contribution is 5.23. The summed E-state index contributed by atoms with van der Waals surface area (Å²) < 4.78 is 24.3. The van der Waals surface area contributed by atoms with Gasteiger partial charge in [0.1, 0.15) is 0 Å². The fourth-order valence-corrected chi connectivity index (χ4v) is 2.21. The summed E-state index contributed by atoms with van der Waals surface area (Å²) in [5, 5.41) is 3.43. The molecule has 1 heterocycles. The van der Waals surface area contributed by atoms with Crippen molar-refractivity contribution in [3.8, 4) is 0 Å². The first-order valence-electron chi connectivity index (χ1n) is 5.83. The maximum atomic E-state index is 12.1. The predicted molar refractivity (Wildman–Crippen MR) is 60.9 cm³/mol. The summed E-state index contributed by atoms with van der Waals surface area (Å²) in [5.74, 6) is 0. The first-order valence-corrected chi connectivity index (χ1v) is 5.83. The molecular formula is C13H17F2N. The van der Waals surface area contributed by atoms with E-state index in [1.165, 1.54) is 18.4 Å². The second-order valence-electron chi connectivity index (χ2n) is 4.41. The van der Waals surface area contributed by atoms with Crippen molar-refractivity contribution in [3.05, 3.63) is 35.4 Å². The largest absolute Gasteiger partial charge is 0.314 e. The van der Waals surface area contributed by atoms with E-state index < -0.39 is 6.43 Å². The van der Waals surface area contributed by atoms with Crippen LogP contribution in [-0.2, 0) is 12.8 Å². The van der Waals surface area contributed by atoms with Crippen LogP contribution in [0.15, 0.2) is 24.3 Å². The molecule has 1 saturated heterocycles. The number of nitrogens with one attached hydrogen (secondary N) is 1. The summed E-state index contributed by atoms with van der Waals surface area (Å²) in [4.78, 5) is 0. The molecule has 1 fully saturated rings. The van der Waals surface area contributed by atoms with Gasteiger partial charge in [-0.2, -0.15) is 0 Å². The molecule has 1 unspecified atom stereocenters. The van der Waals surface area contributed by atoms with Gasteiger partial charge in [0, 0.05) is 12.5 Å². The fourth-order valence-electron chi connectivity index (χ4n) is 2.21. The number of hydrogen-bond donors (Lipinski definition) is 1. The minimum Gasteiger partial charge on any atom is -0.314 e. The second kappa shape index (κ2) is 5.39. The average Bonchev–Trinajstić information content (AvgIpc) is 2.73. The Morgan fingerprint density at radius 1 is 1.19 bits per heavy atom. The molecule has 1 aromatic carbocycles. The molecule has 0 spiro atoms. The van der Waals surface area contributed by atoms with Crippen molar-refractivity contribution >= 4 is 0 Å². The summed E-state index contributed by atoms with van der Waals surface area (Å²) in [7, 11) is 0. The lowest BCUT2D eigenvalue weighted by molar-refractivity contribution is 0.149. The van der Waals surface area contributed by atoms with E-state index in [1.54, 1.807) is 0 Å². The maximum absolute atomic E-state index is 12.1. The van der Waals surface area contributed by atoms with Crippen molar-refractivity contribution in [3.63, 3.8) is 0 Å². The molecule has 1 N–H and O–H groups in total. The van der Waals surface area contributed by atoms with E-state index in [0.29, 0.717) is 6.04 Å². The molecule has 2 rings (SSSR count). The van der Waals surface area contributed by atoms with Gasteiger partial charge in [-0.1, -0.05) is 24.3 Å². The van der Waals surface area contributed by atoms with Crippen LogP contribution in [0.5, 0.6) is 0 Å². The second-order valence-corrected chi connectivity index (χ2v) is 4.41. The minimum atomic E-state index is -2.25. The van der Waals surface area contributed by atoms with E-state index in [0.717, 1.165) is 18.5 Å². The molecule has 1 aromatic rings. The Labute approximate surface area is 94.9 Å². The molecule has 0 radical (unpaired) electrons. The zero-order chi connectivity index (χ0) is 11.4. The van der Waals surface area contributed by atoms with Gasteiger partial charge >= 0.3 is 0 Å². The molecule has 16 heavy (non-hydrogen) atoms. The van der Waals surface area contributed by atoms with E-state index in [4.69, 9.17) is 0 Å². The lowest BCUT2D eigenvalue weighted by Crippen LogP contribution is -2.23. The Bertz CT molecular complexity index is 315. The van der Waals surface area contributed by atoms with Crippen molar-refractivity contribution in [2.45, 2.75) is 38.2 Å². The van der Waals surface area contributed by atoms with Crippen LogP contribution in [0.3, 0.4) is 0 Å². The maximum Gasteiger partial charge on any atom is 0.242 e. The van der Waals surface area contributed by atoms with Crippen LogP contribution in [0.1, 0.15) is 24.0 Å². The van der Waals surface area contributed by atoms with Crippen molar-refractivity contribution in [1.29, 1.82) is 0 Å². The van der Waals surface area contributed by atoms with E-state index in [1.807, 2.05) is 24.3 Å². The van der Waals surface area contributed by atoms with Gasteiger partial charge < -0.3 is 5.32 Å². The zero-order valence-electron chi connectivity index (χ0n) is 9.26. The van der Waals surface area contributed by atoms with Crippen molar-refractivity contribution in [1.82, 2.24) is 5.32 Å². The average molecular weight is 225 g/mol. The molecule has 1 nitrogen and oxygen atoms in total. The summed E-state index contributed by atoms with van der Waals surface area (Å²) in [6.45, 7) is 1.11. The normalized spacial score (nSPS) is 20.6. The first kappa shape index (κ1) is 11.5. The number of rotatable bonds is 4. The van der Waals surface area contributed by atoms with Crippen molar-refractivity contribution in [2.24, 2.45) is 0 Å². The van der Waals surface area contributed by atoms with Gasteiger partial charge in [0.05, 0.1) is 0 Å². The van der Waals surface area contributed by atoms with E-state index in [-0.39, 0.29) is 6.42 Å². The molecule has 0 amide bonds. The molecule has 1 atom stereocenters. The van der Waals surface area contributed by atoms with Gasteiger partial charge in [-0.25, -0.2) is 8.78 Å². The third kappa shape index (κ3) is 3.27. The SMILES string of the molecule is FC(F)Cc1ccc(CC2CCCN2)cc1. The van der Waals surface area contributed by atoms with Gasteiger partial charge in [0.2, 0.25) is 6.43 Å². The van der Waals surface area contributed by atoms with Crippen LogP contribution in [0.25, 0.3) is 0 Å². The van der Waals surface area contributed by atoms with Crippen molar-refractivity contribution in [2.75, 3.05) is 6.54 Å². The Kier molecular flexibility index (Phi) is 3.88. The summed E-state index contributed by atoms with van der Waals surface area (Å²) in [6.07, 6.45) is 1.09. The van der Waals surface area contributed by atoms with Crippen LogP contribution >= 0.6 is 0 Å². The topological polar surface area (TPSA) is 12.0 Å². The van der Waals surface area contributed by atoms with Crippen LogP contribution in [0.2, 0.25) is 0 Å². The van der Waals surface area contributed by atoms with Gasteiger partial charge in [0.15, 0.2) is 0 Å². The van der Waals surface area contributed by atoms with Gasteiger partial charge in [-0.3, -0.25) is 0 Å². The predicted octanol–water partition coefficient (Wildman–Crippen LogP) is 2.79. The highest BCUT2D eigenvalue weighted by Gasteiger charge is 2.14. The minimum absolute atomic E-state index is 0.137. The van der Waals surface area contributed by atoms with E-state index in [9.17, 15) is 8.78 Å². The quantitative estimate of drug-likeness (QED) is 0.830. The third-order valence-electron chi connectivity index (χ3n) is 3.06. The molecule has 0 saturated carbocycles. The summed E-state index contributed by atoms with van der Waals surface area (Å²) in [6, 6.07) is 8.14. The molecule has 1 aliphatic rings. The summed E-state index contributed by atoms with van der Waals surface area (Å²) in [5.41, 5.74) is 1.95. The standard InChI is InChI=1S/C13H17F2N/c14-13(15)9-11-5-3-10(4-6-11)8-12-2-1-7-16-12/h3-6,12-13,16H,1-2,7-9H2.